The molecule has 244 valence electrons. The molecule has 0 aromatic heterocycles. The molecule has 0 saturated heterocycles. The second kappa shape index (κ2) is 17.4. The Kier molecular flexibility index (Phi) is 13.1. The highest BCUT2D eigenvalue weighted by molar-refractivity contribution is 5.98. The molecule has 5 rings (SSSR count). The van der Waals surface area contributed by atoms with Crippen LogP contribution in [0.1, 0.15) is 90.8 Å². The summed E-state index contributed by atoms with van der Waals surface area (Å²) in [5, 5.41) is 4.12. The van der Waals surface area contributed by atoms with Crippen molar-refractivity contribution in [1.82, 2.24) is 9.80 Å². The monoisotopic (exact) mass is 623 g/mol. The summed E-state index contributed by atoms with van der Waals surface area (Å²) in [6.45, 7) is 12.1. The molecule has 0 radical (unpaired) electrons. The van der Waals surface area contributed by atoms with Gasteiger partial charge in [-0.05, 0) is 71.8 Å². The van der Waals surface area contributed by atoms with E-state index in [1.807, 2.05) is 94.9 Å². The fourth-order valence-electron chi connectivity index (χ4n) is 6.44. The molecule has 7 heteroatoms. The first-order valence-corrected chi connectivity index (χ1v) is 16.6. The number of aldehydes is 1. The predicted molar refractivity (Wildman–Crippen MR) is 183 cm³/mol. The molecule has 3 aromatic carbocycles. The highest BCUT2D eigenvalue weighted by atomic mass is 16.6. The molecular formula is C39H49N3O4. The molecule has 0 fully saturated rings. The number of hydrogen-bond donors (Lipinski definition) is 0. The molecule has 0 spiro atoms. The van der Waals surface area contributed by atoms with E-state index in [2.05, 4.69) is 32.9 Å². The lowest BCUT2D eigenvalue weighted by Gasteiger charge is -2.24. The third-order valence-electron chi connectivity index (χ3n) is 8.45. The fraction of sp³-hybridized carbons (Fsp3) is 0.436. The van der Waals surface area contributed by atoms with Gasteiger partial charge < -0.3 is 19.4 Å². The van der Waals surface area contributed by atoms with Crippen LogP contribution in [0, 0.1) is 23.7 Å². The van der Waals surface area contributed by atoms with Gasteiger partial charge in [0.05, 0.1) is 0 Å². The van der Waals surface area contributed by atoms with Gasteiger partial charge in [0.25, 0.3) is 11.8 Å². The zero-order valence-corrected chi connectivity index (χ0v) is 27.8. The van der Waals surface area contributed by atoms with Gasteiger partial charge in [0.2, 0.25) is 0 Å². The van der Waals surface area contributed by atoms with Crippen LogP contribution in [0.3, 0.4) is 0 Å². The number of benzene rings is 3. The van der Waals surface area contributed by atoms with E-state index < -0.39 is 0 Å². The van der Waals surface area contributed by atoms with Gasteiger partial charge in [0.1, 0.15) is 12.9 Å². The number of carbonyl (C=O) groups excluding carboxylic acids is 3. The van der Waals surface area contributed by atoms with Crippen LogP contribution >= 0.6 is 0 Å². The Balaban J connectivity index is 0.000000222. The number of amides is 2. The van der Waals surface area contributed by atoms with E-state index in [4.69, 9.17) is 4.84 Å². The van der Waals surface area contributed by atoms with Gasteiger partial charge >= 0.3 is 0 Å². The minimum Gasteiger partial charge on any atom is -0.391 e. The number of carbonyl (C=O) groups is 3. The minimum absolute atomic E-state index is 0.107. The summed E-state index contributed by atoms with van der Waals surface area (Å²) in [6, 6.07) is 25.7. The lowest BCUT2D eigenvalue weighted by atomic mass is 9.94. The van der Waals surface area contributed by atoms with Crippen molar-refractivity contribution in [3.63, 3.8) is 0 Å². The molecule has 2 atom stereocenters. The van der Waals surface area contributed by atoms with E-state index in [0.717, 1.165) is 59.9 Å². The average molecular weight is 624 g/mol. The topological polar surface area (TPSA) is 79.3 Å². The van der Waals surface area contributed by atoms with E-state index in [1.165, 1.54) is 0 Å². The first kappa shape index (κ1) is 34.6. The molecule has 2 amide bonds. The average Bonchev–Trinajstić information content (AvgIpc) is 3.52. The van der Waals surface area contributed by atoms with Gasteiger partial charge in [-0.15, -0.1) is 0 Å². The zero-order chi connectivity index (χ0) is 32.9. The third-order valence-corrected chi connectivity index (χ3v) is 8.45. The quantitative estimate of drug-likeness (QED) is 0.0984. The van der Waals surface area contributed by atoms with Gasteiger partial charge in [-0.1, -0.05) is 99.6 Å². The number of nitrogens with zero attached hydrogens (tertiary/aromatic N) is 3. The van der Waals surface area contributed by atoms with Crippen LogP contribution < -0.4 is 0 Å². The second-order valence-corrected chi connectivity index (χ2v) is 13.4. The minimum atomic E-state index is 0.107. The first-order chi connectivity index (χ1) is 22.2. The van der Waals surface area contributed by atoms with E-state index in [0.29, 0.717) is 50.4 Å². The zero-order valence-electron chi connectivity index (χ0n) is 27.8. The lowest BCUT2D eigenvalue weighted by Crippen LogP contribution is -2.30. The van der Waals surface area contributed by atoms with Crippen molar-refractivity contribution in [3.05, 3.63) is 107 Å². The molecule has 3 aromatic rings. The van der Waals surface area contributed by atoms with Crippen molar-refractivity contribution in [3.8, 4) is 0 Å². The van der Waals surface area contributed by atoms with Crippen LogP contribution in [0.15, 0.2) is 84.0 Å². The van der Waals surface area contributed by atoms with Crippen LogP contribution in [0.2, 0.25) is 0 Å². The van der Waals surface area contributed by atoms with E-state index in [9.17, 15) is 14.4 Å². The van der Waals surface area contributed by atoms with Crippen molar-refractivity contribution in [2.45, 2.75) is 73.1 Å². The van der Waals surface area contributed by atoms with Gasteiger partial charge in [-0.25, -0.2) is 0 Å². The predicted octanol–water partition coefficient (Wildman–Crippen LogP) is 7.79. The van der Waals surface area contributed by atoms with Crippen LogP contribution in [-0.2, 0) is 29.3 Å². The van der Waals surface area contributed by atoms with Crippen LogP contribution in [-0.4, -0.2) is 47.2 Å². The molecule has 2 aliphatic rings. The maximum absolute atomic E-state index is 12.6. The Morgan fingerprint density at radius 2 is 1.17 bits per heavy atom. The van der Waals surface area contributed by atoms with Gasteiger partial charge in [0.15, 0.2) is 0 Å². The molecule has 0 bridgehead atoms. The number of oxime groups is 1. The van der Waals surface area contributed by atoms with Crippen molar-refractivity contribution in [1.29, 1.82) is 0 Å². The summed E-state index contributed by atoms with van der Waals surface area (Å²) >= 11 is 0. The molecule has 2 heterocycles. The Bertz CT molecular complexity index is 1450. The second-order valence-electron chi connectivity index (χ2n) is 13.4. The molecular weight excluding hydrogens is 574 g/mol. The number of fused-ring (bicyclic) bond motifs is 2. The standard InChI is InChI=1S/C23H28N2O2.C16H21NO2/c1-18(2)14-20(12-13-24-27-17-19-8-4-3-5-9-19)15-25-16-21-10-6-7-11-22(21)23(25)26;1-12(2)9-13(7-8-18)10-17-11-14-5-3-4-6-15(14)16(17)19/h3-11,13,18,20H,12,14-17H2,1-2H3;3-6,8,12-13H,7,9-11H2,1-2H3/b24-13+;/t20-;13-/m11/s1. The van der Waals surface area contributed by atoms with Crippen LogP contribution in [0.5, 0.6) is 0 Å². The van der Waals surface area contributed by atoms with Crippen molar-refractivity contribution < 1.29 is 19.2 Å². The van der Waals surface area contributed by atoms with Gasteiger partial charge in [0, 0.05) is 49.9 Å². The first-order valence-electron chi connectivity index (χ1n) is 16.6. The Hall–Kier alpha value is -4.26. The molecule has 0 unspecified atom stereocenters. The highest BCUT2D eigenvalue weighted by Gasteiger charge is 2.30. The van der Waals surface area contributed by atoms with Crippen LogP contribution in [0.4, 0.5) is 0 Å². The molecule has 7 nitrogen and oxygen atoms in total. The largest absolute Gasteiger partial charge is 0.391 e. The van der Waals surface area contributed by atoms with Gasteiger partial charge in [-0.2, -0.15) is 0 Å². The van der Waals surface area contributed by atoms with E-state index in [-0.39, 0.29) is 17.7 Å². The fourth-order valence-corrected chi connectivity index (χ4v) is 6.44. The van der Waals surface area contributed by atoms with E-state index >= 15 is 0 Å². The van der Waals surface area contributed by atoms with Crippen molar-refractivity contribution in [2.24, 2.45) is 28.8 Å². The highest BCUT2D eigenvalue weighted by Crippen LogP contribution is 2.27. The van der Waals surface area contributed by atoms with E-state index in [1.54, 1.807) is 0 Å². The van der Waals surface area contributed by atoms with Crippen molar-refractivity contribution >= 4 is 24.3 Å². The van der Waals surface area contributed by atoms with Crippen molar-refractivity contribution in [2.75, 3.05) is 13.1 Å². The number of rotatable bonds is 15. The SMILES string of the molecule is CC(C)C[C@@H](C/C=N/OCc1ccccc1)CN1Cc2ccccc2C1=O.CC(C)C[C@@H](CC=O)CN1Cc2ccccc2C1=O. The summed E-state index contributed by atoms with van der Waals surface area (Å²) in [5.41, 5.74) is 5.00. The third kappa shape index (κ3) is 10.1. The van der Waals surface area contributed by atoms with Crippen LogP contribution in [0.25, 0.3) is 0 Å². The summed E-state index contributed by atoms with van der Waals surface area (Å²) in [6.07, 6.45) is 6.22. The normalized spacial score (nSPS) is 15.2. The lowest BCUT2D eigenvalue weighted by molar-refractivity contribution is -0.108. The smallest absolute Gasteiger partial charge is 0.254 e. The molecule has 2 aliphatic heterocycles. The Labute approximate surface area is 274 Å². The molecule has 46 heavy (non-hydrogen) atoms. The summed E-state index contributed by atoms with van der Waals surface area (Å²) in [5.74, 6) is 2.04. The maximum Gasteiger partial charge on any atom is 0.254 e. The molecule has 0 saturated carbocycles. The summed E-state index contributed by atoms with van der Waals surface area (Å²) in [7, 11) is 0. The molecule has 0 aliphatic carbocycles. The van der Waals surface area contributed by atoms with Gasteiger partial charge in [-0.3, -0.25) is 9.59 Å². The summed E-state index contributed by atoms with van der Waals surface area (Å²) < 4.78 is 0. The summed E-state index contributed by atoms with van der Waals surface area (Å²) in [4.78, 5) is 44.9. The molecule has 0 N–H and O–H groups in total. The maximum atomic E-state index is 12.6. The Morgan fingerprint density at radius 1 is 0.696 bits per heavy atom. The Morgan fingerprint density at radius 3 is 1.65 bits per heavy atom. The number of hydrogen-bond acceptors (Lipinski definition) is 5.